The first-order valence-electron chi connectivity index (χ1n) is 11.1. The molecule has 158 valence electrons. The first-order valence-corrected chi connectivity index (χ1v) is 11.1. The van der Waals surface area contributed by atoms with Crippen LogP contribution in [0.1, 0.15) is 49.9 Å². The summed E-state index contributed by atoms with van der Waals surface area (Å²) in [6, 6.07) is 16.4. The van der Waals surface area contributed by atoms with E-state index in [0.717, 1.165) is 67.1 Å². The number of likely N-dealkylation sites (tertiary alicyclic amines) is 1. The van der Waals surface area contributed by atoms with Crippen LogP contribution in [0.3, 0.4) is 0 Å². The number of hydrogen-bond donors (Lipinski definition) is 0. The number of carbonyl (C=O) groups is 1. The summed E-state index contributed by atoms with van der Waals surface area (Å²) in [5.41, 5.74) is 3.30. The quantitative estimate of drug-likeness (QED) is 0.474. The van der Waals surface area contributed by atoms with E-state index in [-0.39, 0.29) is 11.8 Å². The lowest BCUT2D eigenvalue weighted by molar-refractivity contribution is -0.127. The number of rotatable bonds is 9. The summed E-state index contributed by atoms with van der Waals surface area (Å²) in [7, 11) is 0. The molecule has 0 saturated carbocycles. The molecule has 0 bridgehead atoms. The minimum absolute atomic E-state index is 0.166. The van der Waals surface area contributed by atoms with E-state index in [9.17, 15) is 4.79 Å². The standard InChI is InChI=1S/C25H31N3O2/c1-3-4-14-27-18-20(17-24(27)29)25-26-21-11-6-7-12-22(21)28(25)15-9-16-30-23-13-8-5-10-19(23)2/h5-8,10-13,20H,3-4,9,14-18H2,1-2H3/t20-/m0/s1. The zero-order chi connectivity index (χ0) is 20.9. The van der Waals surface area contributed by atoms with Crippen LogP contribution in [0.2, 0.25) is 0 Å². The lowest BCUT2D eigenvalue weighted by atomic mass is 10.1. The maximum Gasteiger partial charge on any atom is 0.223 e. The first-order chi connectivity index (χ1) is 14.7. The van der Waals surface area contributed by atoms with Crippen LogP contribution in [0, 0.1) is 6.92 Å². The monoisotopic (exact) mass is 405 g/mol. The molecular weight excluding hydrogens is 374 g/mol. The molecule has 1 saturated heterocycles. The molecule has 0 aliphatic carbocycles. The summed E-state index contributed by atoms with van der Waals surface area (Å²) in [5.74, 6) is 2.41. The highest BCUT2D eigenvalue weighted by Crippen LogP contribution is 2.31. The lowest BCUT2D eigenvalue weighted by Crippen LogP contribution is -2.26. The van der Waals surface area contributed by atoms with Crippen molar-refractivity contribution in [1.82, 2.24) is 14.5 Å². The van der Waals surface area contributed by atoms with Gasteiger partial charge in [-0.1, -0.05) is 43.7 Å². The third kappa shape index (κ3) is 4.35. The van der Waals surface area contributed by atoms with Gasteiger partial charge in [0.15, 0.2) is 0 Å². The molecule has 1 amide bonds. The fourth-order valence-corrected chi connectivity index (χ4v) is 4.27. The van der Waals surface area contributed by atoms with Gasteiger partial charge in [-0.05, 0) is 43.5 Å². The number of ether oxygens (including phenoxy) is 1. The predicted octanol–water partition coefficient (Wildman–Crippen LogP) is 4.93. The average molecular weight is 406 g/mol. The van der Waals surface area contributed by atoms with Gasteiger partial charge in [-0.3, -0.25) is 4.79 Å². The Morgan fingerprint density at radius 3 is 2.70 bits per heavy atom. The Hall–Kier alpha value is -2.82. The molecule has 1 fully saturated rings. The molecule has 2 aromatic carbocycles. The van der Waals surface area contributed by atoms with Crippen LogP contribution in [-0.2, 0) is 11.3 Å². The van der Waals surface area contributed by atoms with Gasteiger partial charge >= 0.3 is 0 Å². The molecule has 1 aromatic heterocycles. The number of aryl methyl sites for hydroxylation is 2. The summed E-state index contributed by atoms with van der Waals surface area (Å²) in [5, 5.41) is 0. The second-order valence-electron chi connectivity index (χ2n) is 8.17. The number of aromatic nitrogens is 2. The zero-order valence-electron chi connectivity index (χ0n) is 18.0. The topological polar surface area (TPSA) is 47.4 Å². The number of unbranched alkanes of at least 4 members (excludes halogenated alkanes) is 1. The molecule has 4 rings (SSSR count). The molecule has 5 heteroatoms. The Balaban J connectivity index is 1.48. The Labute approximate surface area is 178 Å². The third-order valence-electron chi connectivity index (χ3n) is 5.92. The van der Waals surface area contributed by atoms with Crippen molar-refractivity contribution < 1.29 is 9.53 Å². The molecule has 0 spiro atoms. The molecule has 5 nitrogen and oxygen atoms in total. The number of nitrogens with zero attached hydrogens (tertiary/aromatic N) is 3. The molecule has 2 heterocycles. The van der Waals surface area contributed by atoms with Crippen LogP contribution in [0.25, 0.3) is 11.0 Å². The highest BCUT2D eigenvalue weighted by atomic mass is 16.5. The van der Waals surface area contributed by atoms with Crippen LogP contribution in [0.15, 0.2) is 48.5 Å². The maximum atomic E-state index is 12.5. The van der Waals surface area contributed by atoms with Crippen molar-refractivity contribution in [2.24, 2.45) is 0 Å². The highest BCUT2D eigenvalue weighted by molar-refractivity contribution is 5.80. The fraction of sp³-hybridized carbons (Fsp3) is 0.440. The Morgan fingerprint density at radius 1 is 1.07 bits per heavy atom. The first kappa shape index (κ1) is 20.5. The van der Waals surface area contributed by atoms with Crippen molar-refractivity contribution in [3.05, 3.63) is 59.9 Å². The largest absolute Gasteiger partial charge is 0.493 e. The van der Waals surface area contributed by atoms with E-state index in [1.165, 1.54) is 0 Å². The Bertz CT molecular complexity index is 1010. The smallest absolute Gasteiger partial charge is 0.223 e. The zero-order valence-corrected chi connectivity index (χ0v) is 18.0. The molecule has 1 aliphatic rings. The minimum Gasteiger partial charge on any atom is -0.493 e. The molecule has 3 aromatic rings. The molecule has 0 radical (unpaired) electrons. The van der Waals surface area contributed by atoms with Crippen LogP contribution in [-0.4, -0.2) is 40.1 Å². The van der Waals surface area contributed by atoms with E-state index >= 15 is 0 Å². The normalized spacial score (nSPS) is 16.5. The molecule has 1 aliphatic heterocycles. The highest BCUT2D eigenvalue weighted by Gasteiger charge is 2.33. The molecular formula is C25H31N3O2. The number of amides is 1. The SMILES string of the molecule is CCCCN1C[C@@H](c2nc3ccccc3n2CCCOc2ccccc2C)CC1=O. The van der Waals surface area contributed by atoms with Gasteiger partial charge < -0.3 is 14.2 Å². The summed E-state index contributed by atoms with van der Waals surface area (Å²) in [6.07, 6.45) is 3.62. The Kier molecular flexibility index (Phi) is 6.36. The van der Waals surface area contributed by atoms with Gasteiger partial charge in [0.05, 0.1) is 17.6 Å². The molecule has 1 atom stereocenters. The molecule has 0 unspecified atom stereocenters. The summed E-state index contributed by atoms with van der Waals surface area (Å²) < 4.78 is 8.30. The molecule has 30 heavy (non-hydrogen) atoms. The summed E-state index contributed by atoms with van der Waals surface area (Å²) >= 11 is 0. The van der Waals surface area contributed by atoms with E-state index in [1.54, 1.807) is 0 Å². The van der Waals surface area contributed by atoms with Crippen molar-refractivity contribution in [2.45, 2.75) is 52.0 Å². The second kappa shape index (κ2) is 9.33. The number of imidazole rings is 1. The van der Waals surface area contributed by atoms with Gasteiger partial charge in [0.25, 0.3) is 0 Å². The minimum atomic E-state index is 0.166. The van der Waals surface area contributed by atoms with Gasteiger partial charge in [-0.25, -0.2) is 4.98 Å². The predicted molar refractivity (Wildman–Crippen MR) is 120 cm³/mol. The van der Waals surface area contributed by atoms with Crippen LogP contribution < -0.4 is 4.74 Å². The van der Waals surface area contributed by atoms with Gasteiger partial charge in [-0.15, -0.1) is 0 Å². The summed E-state index contributed by atoms with van der Waals surface area (Å²) in [4.78, 5) is 19.5. The van der Waals surface area contributed by atoms with Crippen molar-refractivity contribution in [2.75, 3.05) is 19.7 Å². The lowest BCUT2D eigenvalue weighted by Gasteiger charge is -2.17. The van der Waals surface area contributed by atoms with E-state index in [0.29, 0.717) is 13.0 Å². The van der Waals surface area contributed by atoms with Crippen molar-refractivity contribution in [3.63, 3.8) is 0 Å². The average Bonchev–Trinajstić information content (AvgIpc) is 3.31. The van der Waals surface area contributed by atoms with Crippen molar-refractivity contribution >= 4 is 16.9 Å². The van der Waals surface area contributed by atoms with Gasteiger partial charge in [0.1, 0.15) is 11.6 Å². The number of fused-ring (bicyclic) bond motifs is 1. The van der Waals surface area contributed by atoms with E-state index < -0.39 is 0 Å². The van der Waals surface area contributed by atoms with Crippen LogP contribution in [0.4, 0.5) is 0 Å². The van der Waals surface area contributed by atoms with E-state index in [2.05, 4.69) is 42.7 Å². The van der Waals surface area contributed by atoms with Crippen molar-refractivity contribution in [3.8, 4) is 5.75 Å². The van der Waals surface area contributed by atoms with Gasteiger partial charge in [0.2, 0.25) is 5.91 Å². The maximum absolute atomic E-state index is 12.5. The number of carbonyl (C=O) groups excluding carboxylic acids is 1. The van der Waals surface area contributed by atoms with Gasteiger partial charge in [-0.2, -0.15) is 0 Å². The summed E-state index contributed by atoms with van der Waals surface area (Å²) in [6.45, 7) is 7.36. The number of benzene rings is 2. The number of hydrogen-bond acceptors (Lipinski definition) is 3. The Morgan fingerprint density at radius 2 is 1.87 bits per heavy atom. The van der Waals surface area contributed by atoms with Crippen LogP contribution >= 0.6 is 0 Å². The van der Waals surface area contributed by atoms with Crippen molar-refractivity contribution in [1.29, 1.82) is 0 Å². The fourth-order valence-electron chi connectivity index (χ4n) is 4.27. The molecule has 0 N–H and O–H groups in total. The van der Waals surface area contributed by atoms with E-state index in [4.69, 9.17) is 9.72 Å². The second-order valence-corrected chi connectivity index (χ2v) is 8.17. The third-order valence-corrected chi connectivity index (χ3v) is 5.92. The number of para-hydroxylation sites is 3. The van der Waals surface area contributed by atoms with Crippen LogP contribution in [0.5, 0.6) is 5.75 Å². The van der Waals surface area contributed by atoms with Gasteiger partial charge in [0, 0.05) is 32.0 Å². The van der Waals surface area contributed by atoms with E-state index in [1.807, 2.05) is 29.2 Å².